The fourth-order valence-corrected chi connectivity index (χ4v) is 14.5. The molecule has 6 aromatic heterocycles. The van der Waals surface area contributed by atoms with Gasteiger partial charge in [-0.25, -0.2) is 29.9 Å². The number of nitrogens with one attached hydrogen (secondary N) is 1. The number of para-hydroxylation sites is 2. The van der Waals surface area contributed by atoms with Crippen molar-refractivity contribution in [1.82, 2.24) is 39.5 Å². The highest BCUT2D eigenvalue weighted by Crippen LogP contribution is 2.42. The van der Waals surface area contributed by atoms with E-state index in [1.807, 2.05) is 168 Å². The van der Waals surface area contributed by atoms with Crippen LogP contribution in [0.4, 0.5) is 0 Å². The molecule has 0 aliphatic carbocycles. The van der Waals surface area contributed by atoms with E-state index in [9.17, 15) is 0 Å². The summed E-state index contributed by atoms with van der Waals surface area (Å²) < 4.78 is 8.68. The first-order valence-electron chi connectivity index (χ1n) is 29.3. The molecule has 0 fully saturated rings. The van der Waals surface area contributed by atoms with Crippen LogP contribution < -0.4 is 0 Å². The summed E-state index contributed by atoms with van der Waals surface area (Å²) in [5.74, 6) is 3.96. The fraction of sp³-hybridized carbons (Fsp3) is 0. The summed E-state index contributed by atoms with van der Waals surface area (Å²) in [6.07, 6.45) is 0. The number of H-pyrrole nitrogens is 1. The van der Waals surface area contributed by atoms with Gasteiger partial charge in [0.25, 0.3) is 0 Å². The molecule has 0 saturated heterocycles. The monoisotopic (exact) mass is 1240 g/mol. The van der Waals surface area contributed by atoms with Crippen molar-refractivity contribution in [3.63, 3.8) is 0 Å². The molecule has 18 rings (SSSR count). The summed E-state index contributed by atoms with van der Waals surface area (Å²) >= 11 is 7.23. The van der Waals surface area contributed by atoms with Crippen LogP contribution >= 0.6 is 38.6 Å². The van der Waals surface area contributed by atoms with Gasteiger partial charge in [-0.15, -0.1) is 22.7 Å². The van der Waals surface area contributed by atoms with Crippen LogP contribution in [0.2, 0.25) is 0 Å². The Bertz CT molecular complexity index is 5450. The summed E-state index contributed by atoms with van der Waals surface area (Å²) in [4.78, 5) is 32.4. The Morgan fingerprint density at radius 3 is 1.19 bits per heavy atom. The SMILES string of the molecule is Brc1cccc(-c2nc(-c3ccccc3)nc(-c3ccccc3)n2)c1.c1ccc(-c2nc(-c3ccccc3)nc(-c3cccc(-n4c5ccccc5c5cc6c(cc54)sc4ccccc46)c3)n2)cc1.c1ccc2c(c1)[nH]c1cc3sc4ccccc4c3cc12. The van der Waals surface area contributed by atoms with E-state index in [2.05, 4.69) is 176 Å². The average Bonchev–Trinajstić information content (AvgIpc) is 1.74. The van der Waals surface area contributed by atoms with Gasteiger partial charge in [0.05, 0.1) is 11.0 Å². The van der Waals surface area contributed by atoms with Gasteiger partial charge in [0.2, 0.25) is 0 Å². The normalized spacial score (nSPS) is 11.4. The third kappa shape index (κ3) is 10.4. The highest BCUT2D eigenvalue weighted by Gasteiger charge is 2.19. The third-order valence-corrected chi connectivity index (χ3v) is 18.8. The van der Waals surface area contributed by atoms with Crippen LogP contribution in [-0.4, -0.2) is 39.5 Å². The molecule has 12 aromatic carbocycles. The Labute approximate surface area is 528 Å². The number of halogens is 1. The van der Waals surface area contributed by atoms with E-state index in [1.165, 1.54) is 84.0 Å². The fourth-order valence-electron chi connectivity index (χ4n) is 11.8. The molecule has 0 atom stereocenters. The molecule has 0 bridgehead atoms. The van der Waals surface area contributed by atoms with Gasteiger partial charge >= 0.3 is 0 Å². The van der Waals surface area contributed by atoms with Gasteiger partial charge in [-0.2, -0.15) is 0 Å². The van der Waals surface area contributed by atoms with Gasteiger partial charge in [-0.05, 0) is 72.8 Å². The van der Waals surface area contributed by atoms with Crippen LogP contribution in [0.3, 0.4) is 0 Å². The van der Waals surface area contributed by atoms with Crippen LogP contribution in [-0.2, 0) is 0 Å². The first kappa shape index (κ1) is 53.6. The lowest BCUT2D eigenvalue weighted by Crippen LogP contribution is -2.01. The third-order valence-electron chi connectivity index (χ3n) is 16.0. The van der Waals surface area contributed by atoms with Crippen molar-refractivity contribution in [2.75, 3.05) is 0 Å². The van der Waals surface area contributed by atoms with Crippen molar-refractivity contribution in [3.8, 4) is 74.0 Å². The molecular weight excluding hydrogens is 1190 g/mol. The summed E-state index contributed by atoms with van der Waals surface area (Å²) in [7, 11) is 0. The van der Waals surface area contributed by atoms with Gasteiger partial charge in [0, 0.05) is 116 Å². The predicted octanol–water partition coefficient (Wildman–Crippen LogP) is 21.7. The zero-order chi connectivity index (χ0) is 59.2. The van der Waals surface area contributed by atoms with Gasteiger partial charge in [0.15, 0.2) is 34.9 Å². The van der Waals surface area contributed by atoms with Crippen molar-refractivity contribution in [2.45, 2.75) is 0 Å². The first-order valence-corrected chi connectivity index (χ1v) is 31.7. The number of aromatic nitrogens is 8. The topological polar surface area (TPSA) is 98.1 Å². The molecule has 18 aromatic rings. The van der Waals surface area contributed by atoms with E-state index < -0.39 is 0 Å². The number of hydrogen-bond acceptors (Lipinski definition) is 8. The molecule has 6 heterocycles. The van der Waals surface area contributed by atoms with Crippen LogP contribution in [0.1, 0.15) is 0 Å². The molecule has 420 valence electrons. The standard InChI is InChI=1S/C39H24N4S.C21H14BrN3.C18H11NS/c1-3-12-25(13-4-1)37-40-38(26-14-5-2-6-15-26)42-39(41-37)27-16-11-17-28(22-27)43-33-20-9-7-18-29(33)31-23-32-30-19-8-10-21-35(30)44-36(32)24-34(31)43;22-18-13-7-12-17(14-18)21-24-19(15-8-3-1-4-9-15)23-20(25-21)16-10-5-2-6-11-16;1-3-7-15-11(5-1)13-9-14-12-6-2-4-8-17(12)20-18(14)10-16(13)19-15/h1-24H;1-14H;1-10,19H. The highest BCUT2D eigenvalue weighted by molar-refractivity contribution is 9.10. The summed E-state index contributed by atoms with van der Waals surface area (Å²) in [5, 5.41) is 10.5. The van der Waals surface area contributed by atoms with Crippen LogP contribution in [0, 0.1) is 0 Å². The molecule has 0 aliphatic rings. The van der Waals surface area contributed by atoms with Crippen LogP contribution in [0.15, 0.2) is 296 Å². The van der Waals surface area contributed by atoms with Crippen molar-refractivity contribution in [2.24, 2.45) is 0 Å². The molecule has 0 amide bonds. The van der Waals surface area contributed by atoms with Gasteiger partial charge in [-0.1, -0.05) is 234 Å². The van der Waals surface area contributed by atoms with Crippen LogP contribution in [0.25, 0.3) is 158 Å². The number of hydrogen-bond donors (Lipinski definition) is 1. The minimum absolute atomic E-state index is 0.646. The average molecular weight is 1240 g/mol. The molecule has 89 heavy (non-hydrogen) atoms. The lowest BCUT2D eigenvalue weighted by atomic mass is 10.1. The van der Waals surface area contributed by atoms with E-state index in [-0.39, 0.29) is 0 Å². The molecule has 0 spiro atoms. The Morgan fingerprint density at radius 2 is 0.663 bits per heavy atom. The second-order valence-corrected chi connectivity index (χ2v) is 24.7. The maximum Gasteiger partial charge on any atom is 0.164 e. The molecule has 0 radical (unpaired) electrons. The zero-order valence-corrected chi connectivity index (χ0v) is 50.8. The lowest BCUT2D eigenvalue weighted by molar-refractivity contribution is 1.07. The highest BCUT2D eigenvalue weighted by atomic mass is 79.9. The van der Waals surface area contributed by atoms with Gasteiger partial charge < -0.3 is 9.55 Å². The van der Waals surface area contributed by atoms with E-state index in [0.717, 1.165) is 43.5 Å². The largest absolute Gasteiger partial charge is 0.354 e. The molecule has 8 nitrogen and oxygen atoms in total. The Morgan fingerprint density at radius 1 is 0.258 bits per heavy atom. The van der Waals surface area contributed by atoms with Gasteiger partial charge in [-0.3, -0.25) is 0 Å². The number of rotatable bonds is 7. The number of nitrogens with zero attached hydrogens (tertiary/aromatic N) is 7. The second-order valence-electron chi connectivity index (χ2n) is 21.6. The maximum atomic E-state index is 4.98. The smallest absolute Gasteiger partial charge is 0.164 e. The molecule has 11 heteroatoms. The number of fused-ring (bicyclic) bond motifs is 12. The van der Waals surface area contributed by atoms with E-state index in [4.69, 9.17) is 24.9 Å². The van der Waals surface area contributed by atoms with Crippen LogP contribution in [0.5, 0.6) is 0 Å². The van der Waals surface area contributed by atoms with Crippen molar-refractivity contribution >= 4 is 123 Å². The lowest BCUT2D eigenvalue weighted by Gasteiger charge is -2.11. The second kappa shape index (κ2) is 23.1. The van der Waals surface area contributed by atoms with Crippen molar-refractivity contribution in [3.05, 3.63) is 296 Å². The number of thiophene rings is 2. The Balaban J connectivity index is 0.000000119. The Kier molecular flexibility index (Phi) is 13.9. The van der Waals surface area contributed by atoms with Gasteiger partial charge in [0.1, 0.15) is 0 Å². The van der Waals surface area contributed by atoms with Crippen molar-refractivity contribution < 1.29 is 0 Å². The maximum absolute atomic E-state index is 4.98. The van der Waals surface area contributed by atoms with Crippen molar-refractivity contribution in [1.29, 1.82) is 0 Å². The quantitative estimate of drug-likeness (QED) is 0.171. The van der Waals surface area contributed by atoms with E-state index in [0.29, 0.717) is 34.9 Å². The first-order chi connectivity index (χ1) is 44.0. The number of benzene rings is 12. The summed E-state index contributed by atoms with van der Waals surface area (Å²) in [6, 6.07) is 101. The van der Waals surface area contributed by atoms with E-state index in [1.54, 1.807) is 0 Å². The Hall–Kier alpha value is -10.8. The molecule has 0 aliphatic heterocycles. The molecular formula is C78H49BrN8S2. The number of aromatic amines is 1. The minimum atomic E-state index is 0.646. The van der Waals surface area contributed by atoms with E-state index >= 15 is 0 Å². The molecule has 1 N–H and O–H groups in total. The summed E-state index contributed by atoms with van der Waals surface area (Å²) in [6.45, 7) is 0. The molecule has 0 saturated carbocycles. The summed E-state index contributed by atoms with van der Waals surface area (Å²) in [5.41, 5.74) is 11.6. The molecule has 0 unspecified atom stereocenters. The predicted molar refractivity (Wildman–Crippen MR) is 376 cm³/mol. The minimum Gasteiger partial charge on any atom is -0.354 e. The zero-order valence-electron chi connectivity index (χ0n) is 47.5.